The van der Waals surface area contributed by atoms with Crippen molar-refractivity contribution >= 4 is 0 Å². The van der Waals surface area contributed by atoms with E-state index in [1.54, 1.807) is 12.1 Å². The lowest BCUT2D eigenvalue weighted by molar-refractivity contribution is -0.0589. The zero-order chi connectivity index (χ0) is 20.6. The first-order chi connectivity index (χ1) is 13.8. The van der Waals surface area contributed by atoms with E-state index in [0.717, 1.165) is 31.7 Å². The van der Waals surface area contributed by atoms with Crippen LogP contribution in [0.5, 0.6) is 0 Å². The minimum Gasteiger partial charge on any atom is -0.365 e. The Labute approximate surface area is 169 Å². The number of nitrogens with one attached hydrogen (secondary N) is 1. The van der Waals surface area contributed by atoms with Gasteiger partial charge in [0, 0.05) is 25.1 Å². The molecular formula is C23H27F3N2O. The van der Waals surface area contributed by atoms with E-state index >= 15 is 4.39 Å². The van der Waals surface area contributed by atoms with Crippen LogP contribution in [0.4, 0.5) is 13.2 Å². The first kappa shape index (κ1) is 20.4. The fourth-order valence-electron chi connectivity index (χ4n) is 4.43. The maximum absolute atomic E-state index is 15.3. The molecule has 6 heteroatoms. The van der Waals surface area contributed by atoms with Gasteiger partial charge in [0.2, 0.25) is 0 Å². The van der Waals surface area contributed by atoms with Crippen LogP contribution in [0, 0.1) is 11.2 Å². The van der Waals surface area contributed by atoms with Crippen LogP contribution in [-0.2, 0) is 6.42 Å². The zero-order valence-electron chi connectivity index (χ0n) is 16.5. The van der Waals surface area contributed by atoms with Crippen LogP contribution in [-0.4, -0.2) is 41.4 Å². The van der Waals surface area contributed by atoms with Gasteiger partial charge in [0.15, 0.2) is 6.35 Å². The second-order valence-electron chi connectivity index (χ2n) is 8.70. The number of aliphatic hydroxyl groups is 1. The molecule has 2 aromatic rings. The van der Waals surface area contributed by atoms with Crippen LogP contribution in [0.25, 0.3) is 11.1 Å². The number of alkyl halides is 2. The number of halogens is 3. The van der Waals surface area contributed by atoms with Crippen LogP contribution >= 0.6 is 0 Å². The largest absolute Gasteiger partial charge is 0.365 e. The molecule has 156 valence electrons. The van der Waals surface area contributed by atoms with Gasteiger partial charge in [0.1, 0.15) is 5.82 Å². The molecule has 1 unspecified atom stereocenters. The third-order valence-corrected chi connectivity index (χ3v) is 6.14. The number of nitrogens with zero attached hydrogens (tertiary/aromatic N) is 1. The fraction of sp³-hybridized carbons (Fsp3) is 0.478. The zero-order valence-corrected chi connectivity index (χ0v) is 16.5. The summed E-state index contributed by atoms with van der Waals surface area (Å²) < 4.78 is 41.6. The lowest BCUT2D eigenvalue weighted by atomic mass is 9.95. The van der Waals surface area contributed by atoms with E-state index in [-0.39, 0.29) is 17.3 Å². The van der Waals surface area contributed by atoms with Gasteiger partial charge in [-0.2, -0.15) is 0 Å². The second-order valence-corrected chi connectivity index (χ2v) is 8.70. The van der Waals surface area contributed by atoms with Gasteiger partial charge in [-0.25, -0.2) is 13.2 Å². The summed E-state index contributed by atoms with van der Waals surface area (Å²) in [5.74, 6) is -3.15. The van der Waals surface area contributed by atoms with Crippen LogP contribution in [0.1, 0.15) is 31.7 Å². The molecule has 1 aliphatic carbocycles. The third kappa shape index (κ3) is 4.65. The maximum Gasteiger partial charge on any atom is 0.257 e. The van der Waals surface area contributed by atoms with Gasteiger partial charge in [0.25, 0.3) is 5.92 Å². The highest BCUT2D eigenvalue weighted by atomic mass is 19.3. The molecule has 0 radical (unpaired) electrons. The van der Waals surface area contributed by atoms with Crippen molar-refractivity contribution in [3.8, 4) is 11.1 Å². The fourth-order valence-corrected chi connectivity index (χ4v) is 4.43. The molecule has 2 aromatic carbocycles. The van der Waals surface area contributed by atoms with Crippen molar-refractivity contribution in [1.29, 1.82) is 0 Å². The molecular weight excluding hydrogens is 377 g/mol. The molecule has 1 heterocycles. The topological polar surface area (TPSA) is 35.5 Å². The van der Waals surface area contributed by atoms with E-state index in [0.29, 0.717) is 24.1 Å². The quantitative estimate of drug-likeness (QED) is 0.671. The molecule has 2 N–H and O–H groups in total. The molecule has 2 aliphatic rings. The summed E-state index contributed by atoms with van der Waals surface area (Å²) in [5, 5.41) is 13.0. The number of hydrogen-bond donors (Lipinski definition) is 2. The van der Waals surface area contributed by atoms with Crippen LogP contribution in [0.2, 0.25) is 0 Å². The SMILES string of the molecule is CC(F)(F)CNC(O)N1CC2(CC2)C[C@@H]1Cc1cccc(-c2ccccc2)c1F. The highest BCUT2D eigenvalue weighted by Crippen LogP contribution is 2.55. The Morgan fingerprint density at radius 3 is 2.55 bits per heavy atom. The normalized spacial score (nSPS) is 22.2. The summed E-state index contributed by atoms with van der Waals surface area (Å²) in [6.07, 6.45) is 2.27. The number of aliphatic hydroxyl groups excluding tert-OH is 1. The van der Waals surface area contributed by atoms with Crippen molar-refractivity contribution in [1.82, 2.24) is 10.2 Å². The van der Waals surface area contributed by atoms with Gasteiger partial charge in [-0.05, 0) is 42.2 Å². The predicted molar refractivity (Wildman–Crippen MR) is 107 cm³/mol. The van der Waals surface area contributed by atoms with Gasteiger partial charge in [0.05, 0.1) is 6.54 Å². The molecule has 1 saturated carbocycles. The van der Waals surface area contributed by atoms with Gasteiger partial charge < -0.3 is 5.11 Å². The summed E-state index contributed by atoms with van der Waals surface area (Å²) in [5.41, 5.74) is 2.11. The number of rotatable bonds is 7. The minimum absolute atomic E-state index is 0.0917. The highest BCUT2D eigenvalue weighted by Gasteiger charge is 2.53. The first-order valence-corrected chi connectivity index (χ1v) is 10.1. The third-order valence-electron chi connectivity index (χ3n) is 6.14. The average molecular weight is 404 g/mol. The number of benzene rings is 2. The Balaban J connectivity index is 1.53. The van der Waals surface area contributed by atoms with Crippen molar-refractivity contribution in [3.63, 3.8) is 0 Å². The van der Waals surface area contributed by atoms with E-state index in [2.05, 4.69) is 5.32 Å². The number of likely N-dealkylation sites (tertiary alicyclic amines) is 1. The summed E-state index contributed by atoms with van der Waals surface area (Å²) in [4.78, 5) is 1.83. The first-order valence-electron chi connectivity index (χ1n) is 10.1. The van der Waals surface area contributed by atoms with Crippen LogP contribution in [0.15, 0.2) is 48.5 Å². The molecule has 1 aliphatic heterocycles. The average Bonchev–Trinajstić information content (AvgIpc) is 3.34. The standard InChI is InChI=1S/C23H27F3N2O/c1-22(25,26)14-27-21(29)28-15-23(10-11-23)13-18(28)12-17-8-5-9-19(20(17)24)16-6-3-2-4-7-16/h2-9,18,21,27,29H,10-15H2,1H3/t18-,21?/m0/s1. The van der Waals surface area contributed by atoms with Crippen molar-refractivity contribution in [2.75, 3.05) is 13.1 Å². The van der Waals surface area contributed by atoms with Crippen molar-refractivity contribution in [3.05, 3.63) is 59.9 Å². The summed E-state index contributed by atoms with van der Waals surface area (Å²) in [6.45, 7) is 0.879. The van der Waals surface area contributed by atoms with E-state index in [9.17, 15) is 13.9 Å². The molecule has 1 spiro atoms. The Hall–Kier alpha value is -1.89. The second kappa shape index (κ2) is 7.74. The molecule has 0 bridgehead atoms. The van der Waals surface area contributed by atoms with Crippen molar-refractivity contribution < 1.29 is 18.3 Å². The smallest absolute Gasteiger partial charge is 0.257 e. The molecule has 2 atom stereocenters. The van der Waals surface area contributed by atoms with E-state index in [1.807, 2.05) is 41.3 Å². The molecule has 2 fully saturated rings. The van der Waals surface area contributed by atoms with Gasteiger partial charge in [-0.15, -0.1) is 0 Å². The predicted octanol–water partition coefficient (Wildman–Crippen LogP) is 4.41. The molecule has 29 heavy (non-hydrogen) atoms. The summed E-state index contributed by atoms with van der Waals surface area (Å²) >= 11 is 0. The lowest BCUT2D eigenvalue weighted by Crippen LogP contribution is -2.51. The molecule has 0 aromatic heterocycles. The number of hydrogen-bond acceptors (Lipinski definition) is 3. The van der Waals surface area contributed by atoms with Crippen LogP contribution < -0.4 is 5.32 Å². The van der Waals surface area contributed by atoms with Gasteiger partial charge >= 0.3 is 0 Å². The Morgan fingerprint density at radius 1 is 1.17 bits per heavy atom. The van der Waals surface area contributed by atoms with E-state index in [1.165, 1.54) is 0 Å². The monoisotopic (exact) mass is 404 g/mol. The Morgan fingerprint density at radius 2 is 1.90 bits per heavy atom. The molecule has 3 nitrogen and oxygen atoms in total. The van der Waals surface area contributed by atoms with Gasteiger partial charge in [-0.1, -0.05) is 48.5 Å². The summed E-state index contributed by atoms with van der Waals surface area (Å²) in [6, 6.07) is 14.7. The molecule has 4 rings (SSSR count). The van der Waals surface area contributed by atoms with Gasteiger partial charge in [-0.3, -0.25) is 10.2 Å². The van der Waals surface area contributed by atoms with Crippen molar-refractivity contribution in [2.24, 2.45) is 5.41 Å². The van der Waals surface area contributed by atoms with Crippen molar-refractivity contribution in [2.45, 2.75) is 50.9 Å². The highest BCUT2D eigenvalue weighted by molar-refractivity contribution is 5.65. The Kier molecular flexibility index (Phi) is 5.44. The lowest BCUT2D eigenvalue weighted by Gasteiger charge is -2.31. The molecule has 0 amide bonds. The molecule has 1 saturated heterocycles. The van der Waals surface area contributed by atoms with E-state index in [4.69, 9.17) is 0 Å². The van der Waals surface area contributed by atoms with Crippen LogP contribution in [0.3, 0.4) is 0 Å². The maximum atomic E-state index is 15.3. The minimum atomic E-state index is -2.90. The Bertz CT molecular complexity index is 849. The summed E-state index contributed by atoms with van der Waals surface area (Å²) in [7, 11) is 0. The van der Waals surface area contributed by atoms with E-state index < -0.39 is 18.8 Å².